The summed E-state index contributed by atoms with van der Waals surface area (Å²) >= 11 is 0. The number of benzene rings is 2. The van der Waals surface area contributed by atoms with Crippen LogP contribution in [0.3, 0.4) is 0 Å². The minimum atomic E-state index is -0.344. The molecule has 0 bridgehead atoms. The third-order valence-corrected chi connectivity index (χ3v) is 4.53. The highest BCUT2D eigenvalue weighted by atomic mass is 16.5. The molecule has 0 saturated heterocycles. The topological polar surface area (TPSA) is 79.8 Å². The summed E-state index contributed by atoms with van der Waals surface area (Å²) in [4.78, 5) is 12.5. The standard InChI is InChI=1S/C23H32N2O4/c1-17(2)8-7-15-29-22-16-19(11-12-21(22)28-3)24-23(27)25-20(13-14-26)18-9-5-4-6-10-18/h4-6,9-12,16-17,20,26H,7-8,13-15H2,1-3H3,(H2,24,25,27)/t20-/m1/s1. The van der Waals surface area contributed by atoms with Gasteiger partial charge in [-0.2, -0.15) is 0 Å². The average Bonchev–Trinajstić information content (AvgIpc) is 2.71. The maximum absolute atomic E-state index is 12.5. The van der Waals surface area contributed by atoms with E-state index in [1.54, 1.807) is 25.3 Å². The second-order valence-electron chi connectivity index (χ2n) is 7.32. The fourth-order valence-electron chi connectivity index (χ4n) is 3.00. The van der Waals surface area contributed by atoms with E-state index < -0.39 is 0 Å². The van der Waals surface area contributed by atoms with Gasteiger partial charge < -0.3 is 25.2 Å². The number of ether oxygens (including phenoxy) is 2. The van der Waals surface area contributed by atoms with Gasteiger partial charge in [-0.3, -0.25) is 0 Å². The van der Waals surface area contributed by atoms with Gasteiger partial charge in [-0.1, -0.05) is 44.2 Å². The predicted molar refractivity (Wildman–Crippen MR) is 116 cm³/mol. The first kappa shape index (κ1) is 22.6. The lowest BCUT2D eigenvalue weighted by Gasteiger charge is -2.19. The number of hydrogen-bond donors (Lipinski definition) is 3. The number of carbonyl (C=O) groups is 1. The molecule has 2 aromatic carbocycles. The van der Waals surface area contributed by atoms with Crippen LogP contribution in [-0.4, -0.2) is 31.5 Å². The van der Waals surface area contributed by atoms with E-state index >= 15 is 0 Å². The van der Waals surface area contributed by atoms with Crippen molar-refractivity contribution in [3.05, 3.63) is 54.1 Å². The quantitative estimate of drug-likeness (QED) is 0.475. The first-order valence-electron chi connectivity index (χ1n) is 10.1. The van der Waals surface area contributed by atoms with Crippen molar-refractivity contribution in [1.29, 1.82) is 0 Å². The molecular weight excluding hydrogens is 368 g/mol. The number of aliphatic hydroxyl groups is 1. The number of aliphatic hydroxyl groups excluding tert-OH is 1. The van der Waals surface area contributed by atoms with Gasteiger partial charge in [0.15, 0.2) is 11.5 Å². The van der Waals surface area contributed by atoms with Gasteiger partial charge in [0, 0.05) is 18.4 Å². The largest absolute Gasteiger partial charge is 0.493 e. The molecule has 6 heteroatoms. The van der Waals surface area contributed by atoms with Crippen LogP contribution >= 0.6 is 0 Å². The second kappa shape index (κ2) is 12.0. The van der Waals surface area contributed by atoms with Gasteiger partial charge in [0.25, 0.3) is 0 Å². The van der Waals surface area contributed by atoms with E-state index in [1.807, 2.05) is 30.3 Å². The summed E-state index contributed by atoms with van der Waals surface area (Å²) < 4.78 is 11.2. The number of carbonyl (C=O) groups excluding carboxylic acids is 1. The zero-order valence-electron chi connectivity index (χ0n) is 17.5. The van der Waals surface area contributed by atoms with Crippen molar-refractivity contribution in [2.75, 3.05) is 25.6 Å². The van der Waals surface area contributed by atoms with Gasteiger partial charge in [0.1, 0.15) is 0 Å². The summed E-state index contributed by atoms with van der Waals surface area (Å²) in [5.41, 5.74) is 1.55. The monoisotopic (exact) mass is 400 g/mol. The fraction of sp³-hybridized carbons (Fsp3) is 0.435. The summed E-state index contributed by atoms with van der Waals surface area (Å²) in [6.07, 6.45) is 2.48. The van der Waals surface area contributed by atoms with Crippen molar-refractivity contribution >= 4 is 11.7 Å². The first-order chi connectivity index (χ1) is 14.0. The lowest BCUT2D eigenvalue weighted by atomic mass is 10.0. The van der Waals surface area contributed by atoms with Gasteiger partial charge in [-0.15, -0.1) is 0 Å². The normalized spacial score (nSPS) is 11.8. The molecule has 0 fully saturated rings. The van der Waals surface area contributed by atoms with Gasteiger partial charge in [-0.25, -0.2) is 4.79 Å². The van der Waals surface area contributed by atoms with Crippen LogP contribution in [0.25, 0.3) is 0 Å². The molecule has 29 heavy (non-hydrogen) atoms. The third-order valence-electron chi connectivity index (χ3n) is 4.53. The second-order valence-corrected chi connectivity index (χ2v) is 7.32. The Labute approximate surface area is 173 Å². The molecule has 0 aromatic heterocycles. The Morgan fingerprint density at radius 1 is 1.07 bits per heavy atom. The Kier molecular flexibility index (Phi) is 9.31. The minimum Gasteiger partial charge on any atom is -0.493 e. The van der Waals surface area contributed by atoms with Crippen LogP contribution in [0.4, 0.5) is 10.5 Å². The van der Waals surface area contributed by atoms with Crippen LogP contribution in [0.15, 0.2) is 48.5 Å². The van der Waals surface area contributed by atoms with Crippen LogP contribution in [0, 0.1) is 5.92 Å². The molecule has 0 aliphatic carbocycles. The molecule has 0 aliphatic rings. The van der Waals surface area contributed by atoms with E-state index in [-0.39, 0.29) is 18.7 Å². The lowest BCUT2D eigenvalue weighted by molar-refractivity contribution is 0.239. The molecule has 2 rings (SSSR count). The van der Waals surface area contributed by atoms with Crippen molar-refractivity contribution in [1.82, 2.24) is 5.32 Å². The number of urea groups is 1. The molecule has 0 spiro atoms. The number of rotatable bonds is 11. The van der Waals surface area contributed by atoms with E-state index in [2.05, 4.69) is 24.5 Å². The van der Waals surface area contributed by atoms with Crippen LogP contribution < -0.4 is 20.1 Å². The van der Waals surface area contributed by atoms with E-state index in [4.69, 9.17) is 9.47 Å². The molecule has 3 N–H and O–H groups in total. The molecule has 0 aliphatic heterocycles. The highest BCUT2D eigenvalue weighted by Gasteiger charge is 2.15. The maximum atomic E-state index is 12.5. The molecule has 0 heterocycles. The molecule has 6 nitrogen and oxygen atoms in total. The van der Waals surface area contributed by atoms with Crippen LogP contribution in [0.5, 0.6) is 11.5 Å². The Morgan fingerprint density at radius 2 is 1.83 bits per heavy atom. The van der Waals surface area contributed by atoms with E-state index in [0.29, 0.717) is 36.1 Å². The van der Waals surface area contributed by atoms with Crippen LogP contribution in [0.2, 0.25) is 0 Å². The summed E-state index contributed by atoms with van der Waals surface area (Å²) in [5.74, 6) is 1.86. The van der Waals surface area contributed by atoms with Gasteiger partial charge in [0.05, 0.1) is 19.8 Å². The molecule has 2 amide bonds. The number of amides is 2. The van der Waals surface area contributed by atoms with Crippen LogP contribution in [-0.2, 0) is 0 Å². The maximum Gasteiger partial charge on any atom is 0.319 e. The van der Waals surface area contributed by atoms with Crippen LogP contribution in [0.1, 0.15) is 44.7 Å². The van der Waals surface area contributed by atoms with Crippen molar-refractivity contribution in [3.8, 4) is 11.5 Å². The highest BCUT2D eigenvalue weighted by Crippen LogP contribution is 2.30. The number of hydrogen-bond acceptors (Lipinski definition) is 4. The summed E-state index contributed by atoms with van der Waals surface area (Å²) in [5, 5.41) is 15.1. The lowest BCUT2D eigenvalue weighted by Crippen LogP contribution is -2.33. The molecule has 2 aromatic rings. The van der Waals surface area contributed by atoms with E-state index in [1.165, 1.54) is 0 Å². The van der Waals surface area contributed by atoms with Crippen molar-refractivity contribution in [3.63, 3.8) is 0 Å². The van der Waals surface area contributed by atoms with Crippen molar-refractivity contribution in [2.24, 2.45) is 5.92 Å². The fourth-order valence-corrected chi connectivity index (χ4v) is 3.00. The summed E-state index contributed by atoms with van der Waals surface area (Å²) in [6.45, 7) is 4.94. The molecular formula is C23H32N2O4. The van der Waals surface area contributed by atoms with Gasteiger partial charge in [0.2, 0.25) is 0 Å². The van der Waals surface area contributed by atoms with Gasteiger partial charge >= 0.3 is 6.03 Å². The molecule has 1 atom stereocenters. The predicted octanol–water partition coefficient (Wildman–Crippen LogP) is 4.76. The van der Waals surface area contributed by atoms with Crippen molar-refractivity contribution in [2.45, 2.75) is 39.2 Å². The third kappa shape index (κ3) is 7.66. The Bertz CT molecular complexity index is 750. The smallest absolute Gasteiger partial charge is 0.319 e. The highest BCUT2D eigenvalue weighted by molar-refractivity contribution is 5.90. The number of anilines is 1. The van der Waals surface area contributed by atoms with E-state index in [0.717, 1.165) is 18.4 Å². The zero-order chi connectivity index (χ0) is 21.1. The van der Waals surface area contributed by atoms with Gasteiger partial charge in [-0.05, 0) is 42.9 Å². The Balaban J connectivity index is 2.00. The number of nitrogens with one attached hydrogen (secondary N) is 2. The zero-order valence-corrected chi connectivity index (χ0v) is 17.5. The molecule has 0 radical (unpaired) electrons. The molecule has 158 valence electrons. The molecule has 0 saturated carbocycles. The Morgan fingerprint density at radius 3 is 2.48 bits per heavy atom. The van der Waals surface area contributed by atoms with E-state index in [9.17, 15) is 9.90 Å². The Hall–Kier alpha value is -2.73. The average molecular weight is 401 g/mol. The minimum absolute atomic E-state index is 0.0171. The molecule has 0 unspecified atom stereocenters. The first-order valence-corrected chi connectivity index (χ1v) is 10.1. The van der Waals surface area contributed by atoms with Crippen molar-refractivity contribution < 1.29 is 19.4 Å². The SMILES string of the molecule is COc1ccc(NC(=O)N[C@H](CCO)c2ccccc2)cc1OCCCC(C)C. The summed E-state index contributed by atoms with van der Waals surface area (Å²) in [7, 11) is 1.59. The number of methoxy groups -OCH3 is 1. The summed E-state index contributed by atoms with van der Waals surface area (Å²) in [6, 6.07) is 14.3.